The van der Waals surface area contributed by atoms with E-state index in [9.17, 15) is 9.59 Å². The second-order valence-electron chi connectivity index (χ2n) is 6.89. The predicted molar refractivity (Wildman–Crippen MR) is 94.2 cm³/mol. The molecule has 7 nitrogen and oxygen atoms in total. The molecular weight excluding hydrogens is 344 g/mol. The van der Waals surface area contributed by atoms with Gasteiger partial charge in [-0.05, 0) is 32.3 Å². The van der Waals surface area contributed by atoms with Crippen molar-refractivity contribution in [1.29, 1.82) is 0 Å². The van der Waals surface area contributed by atoms with Crippen LogP contribution in [0.5, 0.6) is 0 Å². The van der Waals surface area contributed by atoms with Gasteiger partial charge in [0, 0.05) is 24.4 Å². The molecule has 2 N–H and O–H groups in total. The fourth-order valence-corrected chi connectivity index (χ4v) is 4.23. The van der Waals surface area contributed by atoms with E-state index in [1.54, 1.807) is 0 Å². The molecule has 0 spiro atoms. The first-order valence-electron chi connectivity index (χ1n) is 8.43. The van der Waals surface area contributed by atoms with Crippen molar-refractivity contribution >= 4 is 28.3 Å². The van der Waals surface area contributed by atoms with E-state index in [1.807, 2.05) is 13.8 Å². The maximum Gasteiger partial charge on any atom is 0.341 e. The minimum atomic E-state index is -0.440. The van der Waals surface area contributed by atoms with Crippen LogP contribution in [0.15, 0.2) is 0 Å². The zero-order valence-corrected chi connectivity index (χ0v) is 15.6. The largest absolute Gasteiger partial charge is 0.465 e. The third-order valence-electron chi connectivity index (χ3n) is 4.42. The zero-order chi connectivity index (χ0) is 18.0. The molecule has 8 heteroatoms. The van der Waals surface area contributed by atoms with Crippen molar-refractivity contribution in [1.82, 2.24) is 5.32 Å². The maximum atomic E-state index is 12.3. The van der Waals surface area contributed by atoms with Gasteiger partial charge >= 0.3 is 12.0 Å². The number of hydrogen-bond acceptors (Lipinski definition) is 6. The number of nitrogens with one attached hydrogen (secondary N) is 2. The van der Waals surface area contributed by atoms with E-state index in [4.69, 9.17) is 14.2 Å². The Morgan fingerprint density at radius 3 is 2.88 bits per heavy atom. The van der Waals surface area contributed by atoms with Crippen LogP contribution in [0, 0.1) is 0 Å². The molecule has 0 aromatic carbocycles. The number of carbonyl (C=O) groups is 2. The molecule has 3 heterocycles. The first-order chi connectivity index (χ1) is 11.9. The molecular formula is C17H24N2O5S. The normalized spacial score (nSPS) is 21.5. The summed E-state index contributed by atoms with van der Waals surface area (Å²) in [6.07, 6.45) is 2.64. The van der Waals surface area contributed by atoms with E-state index in [2.05, 4.69) is 10.6 Å². The molecule has 2 aliphatic rings. The van der Waals surface area contributed by atoms with Crippen molar-refractivity contribution in [3.63, 3.8) is 0 Å². The van der Waals surface area contributed by atoms with E-state index in [-0.39, 0.29) is 17.7 Å². The summed E-state index contributed by atoms with van der Waals surface area (Å²) in [6.45, 7) is 5.59. The molecule has 25 heavy (non-hydrogen) atoms. The Labute approximate surface area is 151 Å². The molecule has 0 radical (unpaired) electrons. The molecule has 1 unspecified atom stereocenters. The number of carbonyl (C=O) groups excluding carboxylic acids is 2. The van der Waals surface area contributed by atoms with Crippen LogP contribution in [0.4, 0.5) is 9.80 Å². The number of anilines is 1. The topological polar surface area (TPSA) is 85.9 Å². The van der Waals surface area contributed by atoms with Crippen LogP contribution in [0.2, 0.25) is 0 Å². The van der Waals surface area contributed by atoms with Gasteiger partial charge in [-0.15, -0.1) is 11.3 Å². The Kier molecular flexibility index (Phi) is 5.31. The van der Waals surface area contributed by atoms with Gasteiger partial charge in [-0.3, -0.25) is 5.32 Å². The number of ether oxygens (including phenoxy) is 3. The molecule has 138 valence electrons. The fraction of sp³-hybridized carbons (Fsp3) is 0.647. The van der Waals surface area contributed by atoms with Gasteiger partial charge in [0.05, 0.1) is 31.0 Å². The van der Waals surface area contributed by atoms with E-state index >= 15 is 0 Å². The lowest BCUT2D eigenvalue weighted by molar-refractivity contribution is -0.0384. The SMILES string of the molecule is COC(=O)c1c(NC(=O)NCC2CCCO2)sc2c1CC(C)(C)OC2. The molecule has 1 atom stereocenters. The molecule has 1 fully saturated rings. The maximum absolute atomic E-state index is 12.3. The first kappa shape index (κ1) is 18.2. The van der Waals surface area contributed by atoms with Crippen LogP contribution >= 0.6 is 11.3 Å². The number of fused-ring (bicyclic) bond motifs is 1. The lowest BCUT2D eigenvalue weighted by Crippen LogP contribution is -2.35. The lowest BCUT2D eigenvalue weighted by atomic mass is 9.93. The number of urea groups is 1. The highest BCUT2D eigenvalue weighted by atomic mass is 32.1. The quantitative estimate of drug-likeness (QED) is 0.798. The van der Waals surface area contributed by atoms with E-state index in [0.717, 1.165) is 29.9 Å². The van der Waals surface area contributed by atoms with Crippen LogP contribution in [0.1, 0.15) is 47.5 Å². The molecule has 1 aromatic rings. The van der Waals surface area contributed by atoms with Crippen molar-refractivity contribution < 1.29 is 23.8 Å². The van der Waals surface area contributed by atoms with Crippen LogP contribution < -0.4 is 10.6 Å². The summed E-state index contributed by atoms with van der Waals surface area (Å²) >= 11 is 1.36. The van der Waals surface area contributed by atoms with Gasteiger partial charge in [-0.2, -0.15) is 0 Å². The van der Waals surface area contributed by atoms with Gasteiger partial charge < -0.3 is 19.5 Å². The van der Waals surface area contributed by atoms with Crippen LogP contribution in [0.25, 0.3) is 0 Å². The van der Waals surface area contributed by atoms with Crippen LogP contribution in [-0.4, -0.2) is 44.0 Å². The molecule has 0 aliphatic carbocycles. The highest BCUT2D eigenvalue weighted by molar-refractivity contribution is 7.17. The average molecular weight is 368 g/mol. The van der Waals surface area contributed by atoms with Crippen molar-refractivity contribution in [2.75, 3.05) is 25.6 Å². The predicted octanol–water partition coefficient (Wildman–Crippen LogP) is 2.69. The smallest absolute Gasteiger partial charge is 0.341 e. The van der Waals surface area contributed by atoms with Gasteiger partial charge in [0.15, 0.2) is 0 Å². The second kappa shape index (κ2) is 7.31. The second-order valence-corrected chi connectivity index (χ2v) is 8.00. The van der Waals surface area contributed by atoms with Gasteiger partial charge in [0.2, 0.25) is 0 Å². The fourth-order valence-electron chi connectivity index (χ4n) is 3.12. The Morgan fingerprint density at radius 2 is 2.20 bits per heavy atom. The third kappa shape index (κ3) is 4.13. The van der Waals surface area contributed by atoms with Crippen molar-refractivity contribution in [2.45, 2.75) is 51.4 Å². The summed E-state index contributed by atoms with van der Waals surface area (Å²) < 4.78 is 16.2. The van der Waals surface area contributed by atoms with Crippen LogP contribution in [0.3, 0.4) is 0 Å². The Balaban J connectivity index is 1.75. The molecule has 0 bridgehead atoms. The highest BCUT2D eigenvalue weighted by Gasteiger charge is 2.34. The monoisotopic (exact) mass is 368 g/mol. The number of hydrogen-bond donors (Lipinski definition) is 2. The lowest BCUT2D eigenvalue weighted by Gasteiger charge is -2.30. The minimum absolute atomic E-state index is 0.0663. The molecule has 3 rings (SSSR count). The van der Waals surface area contributed by atoms with E-state index in [0.29, 0.717) is 30.1 Å². The Bertz CT molecular complexity index is 664. The summed E-state index contributed by atoms with van der Waals surface area (Å²) in [5, 5.41) is 6.10. The van der Waals surface area contributed by atoms with Crippen molar-refractivity contribution in [3.05, 3.63) is 16.0 Å². The van der Waals surface area contributed by atoms with Crippen molar-refractivity contribution in [3.8, 4) is 0 Å². The van der Waals surface area contributed by atoms with Gasteiger partial charge in [-0.25, -0.2) is 9.59 Å². The van der Waals surface area contributed by atoms with Gasteiger partial charge in [-0.1, -0.05) is 0 Å². The zero-order valence-electron chi connectivity index (χ0n) is 14.8. The average Bonchev–Trinajstić information content (AvgIpc) is 3.18. The summed E-state index contributed by atoms with van der Waals surface area (Å²) in [5.74, 6) is -0.440. The summed E-state index contributed by atoms with van der Waals surface area (Å²) in [4.78, 5) is 25.4. The van der Waals surface area contributed by atoms with Gasteiger partial charge in [0.25, 0.3) is 0 Å². The van der Waals surface area contributed by atoms with E-state index in [1.165, 1.54) is 18.4 Å². The van der Waals surface area contributed by atoms with Crippen LogP contribution in [-0.2, 0) is 27.2 Å². The number of amides is 2. The standard InChI is InChI=1S/C17H24N2O5S/c1-17(2)7-11-12(9-24-17)25-14(13(11)15(20)22-3)19-16(21)18-8-10-5-4-6-23-10/h10H,4-9H2,1-3H3,(H2,18,19,21). The number of rotatable bonds is 4. The molecule has 2 amide bonds. The number of methoxy groups -OCH3 is 1. The molecule has 2 aliphatic heterocycles. The Hall–Kier alpha value is -1.64. The summed E-state index contributed by atoms with van der Waals surface area (Å²) in [6, 6.07) is -0.348. The van der Waals surface area contributed by atoms with Gasteiger partial charge in [0.1, 0.15) is 5.00 Å². The third-order valence-corrected chi connectivity index (χ3v) is 5.54. The first-order valence-corrected chi connectivity index (χ1v) is 9.24. The molecule has 1 aromatic heterocycles. The molecule has 1 saturated heterocycles. The Morgan fingerprint density at radius 1 is 1.40 bits per heavy atom. The van der Waals surface area contributed by atoms with E-state index < -0.39 is 5.97 Å². The number of esters is 1. The summed E-state index contributed by atoms with van der Waals surface area (Å²) in [5.41, 5.74) is 0.990. The summed E-state index contributed by atoms with van der Waals surface area (Å²) in [7, 11) is 1.35. The number of thiophene rings is 1. The van der Waals surface area contributed by atoms with Crippen molar-refractivity contribution in [2.24, 2.45) is 0 Å². The highest BCUT2D eigenvalue weighted by Crippen LogP contribution is 2.40. The minimum Gasteiger partial charge on any atom is -0.465 e. The molecule has 0 saturated carbocycles.